The number of carbonyl (C=O) groups excluding carboxylic acids is 1. The van der Waals surface area contributed by atoms with Gasteiger partial charge in [-0.05, 0) is 85.0 Å². The van der Waals surface area contributed by atoms with E-state index in [1.165, 1.54) is 18.1 Å². The minimum absolute atomic E-state index is 0.0549. The van der Waals surface area contributed by atoms with E-state index in [1.807, 2.05) is 6.07 Å². The van der Waals surface area contributed by atoms with E-state index in [1.54, 1.807) is 6.07 Å². The summed E-state index contributed by atoms with van der Waals surface area (Å²) >= 11 is 0. The number of phenols is 1. The van der Waals surface area contributed by atoms with Crippen LogP contribution in [0, 0.1) is 17.3 Å². The Morgan fingerprint density at radius 2 is 2.04 bits per heavy atom. The molecule has 2 saturated carbocycles. The standard InChI is InChI=1S/C20H26O4/c1-11(21)24-18-10-15-12(9-17(18)22)3-4-14-13(15)7-8-20(2)16(14)5-6-19(20)23/h9-10,13-14,16,19,22-23H,3-8H2,1-2H3/t13-,14+,16-,19-,20-/m0/s1. The van der Waals surface area contributed by atoms with Crippen LogP contribution in [0.4, 0.5) is 0 Å². The number of phenolic OH excluding ortho intramolecular Hbond substituents is 1. The van der Waals surface area contributed by atoms with Gasteiger partial charge in [0.05, 0.1) is 6.10 Å². The van der Waals surface area contributed by atoms with Gasteiger partial charge < -0.3 is 14.9 Å². The van der Waals surface area contributed by atoms with Gasteiger partial charge in [-0.15, -0.1) is 0 Å². The zero-order valence-corrected chi connectivity index (χ0v) is 14.4. The van der Waals surface area contributed by atoms with Crippen molar-refractivity contribution in [3.05, 3.63) is 23.3 Å². The van der Waals surface area contributed by atoms with Gasteiger partial charge in [0.25, 0.3) is 0 Å². The highest BCUT2D eigenvalue weighted by molar-refractivity contribution is 5.70. The number of hydrogen-bond donors (Lipinski definition) is 2. The smallest absolute Gasteiger partial charge is 0.308 e. The summed E-state index contributed by atoms with van der Waals surface area (Å²) in [6.45, 7) is 3.62. The molecule has 24 heavy (non-hydrogen) atoms. The molecule has 4 rings (SSSR count). The van der Waals surface area contributed by atoms with E-state index in [4.69, 9.17) is 4.74 Å². The first kappa shape index (κ1) is 15.9. The van der Waals surface area contributed by atoms with Gasteiger partial charge in [0, 0.05) is 6.92 Å². The summed E-state index contributed by atoms with van der Waals surface area (Å²) in [5, 5.41) is 20.6. The number of carbonyl (C=O) groups is 1. The third kappa shape index (κ3) is 2.26. The molecule has 2 fully saturated rings. The number of rotatable bonds is 1. The lowest BCUT2D eigenvalue weighted by Gasteiger charge is -2.50. The second-order valence-electron chi connectivity index (χ2n) is 8.17. The van der Waals surface area contributed by atoms with Crippen molar-refractivity contribution >= 4 is 5.97 Å². The molecule has 0 aliphatic heterocycles. The van der Waals surface area contributed by atoms with Gasteiger partial charge in [0.1, 0.15) is 0 Å². The van der Waals surface area contributed by atoms with Gasteiger partial charge in [-0.3, -0.25) is 4.79 Å². The molecule has 4 heteroatoms. The predicted octanol–water partition coefficient (Wildman–Crippen LogP) is 3.53. The maximum Gasteiger partial charge on any atom is 0.308 e. The lowest BCUT2D eigenvalue weighted by molar-refractivity contribution is -0.132. The van der Waals surface area contributed by atoms with Crippen molar-refractivity contribution < 1.29 is 19.7 Å². The number of hydrogen-bond acceptors (Lipinski definition) is 4. The van der Waals surface area contributed by atoms with Crippen LogP contribution in [0.1, 0.15) is 63.0 Å². The number of ether oxygens (including phenoxy) is 1. The highest BCUT2D eigenvalue weighted by atomic mass is 16.5. The lowest BCUT2D eigenvalue weighted by atomic mass is 9.55. The van der Waals surface area contributed by atoms with E-state index >= 15 is 0 Å². The molecule has 0 aromatic heterocycles. The average molecular weight is 330 g/mol. The van der Waals surface area contributed by atoms with Crippen molar-refractivity contribution in [1.29, 1.82) is 0 Å². The molecule has 1 aromatic rings. The molecule has 3 aliphatic rings. The molecular weight excluding hydrogens is 304 g/mol. The molecular formula is C20H26O4. The fraction of sp³-hybridized carbons (Fsp3) is 0.650. The van der Waals surface area contributed by atoms with Crippen LogP contribution in [0.25, 0.3) is 0 Å². The van der Waals surface area contributed by atoms with Crippen LogP contribution >= 0.6 is 0 Å². The van der Waals surface area contributed by atoms with E-state index in [0.29, 0.717) is 17.8 Å². The van der Waals surface area contributed by atoms with Crippen LogP contribution in [0.5, 0.6) is 11.5 Å². The minimum Gasteiger partial charge on any atom is -0.504 e. The number of aryl methyl sites for hydroxylation is 1. The zero-order chi connectivity index (χ0) is 17.1. The molecule has 0 saturated heterocycles. The molecule has 0 heterocycles. The van der Waals surface area contributed by atoms with Gasteiger partial charge in [-0.2, -0.15) is 0 Å². The molecule has 3 aliphatic carbocycles. The van der Waals surface area contributed by atoms with Crippen LogP contribution in [-0.2, 0) is 11.2 Å². The largest absolute Gasteiger partial charge is 0.504 e. The number of benzene rings is 1. The summed E-state index contributed by atoms with van der Waals surface area (Å²) in [5.74, 6) is 1.54. The fourth-order valence-electron chi connectivity index (χ4n) is 5.80. The van der Waals surface area contributed by atoms with Crippen LogP contribution in [0.15, 0.2) is 12.1 Å². The predicted molar refractivity (Wildman–Crippen MR) is 90.0 cm³/mol. The molecule has 130 valence electrons. The number of fused-ring (bicyclic) bond motifs is 5. The van der Waals surface area contributed by atoms with Crippen LogP contribution in [-0.4, -0.2) is 22.3 Å². The topological polar surface area (TPSA) is 66.8 Å². The van der Waals surface area contributed by atoms with Crippen molar-refractivity contribution in [3.63, 3.8) is 0 Å². The maximum atomic E-state index is 11.3. The molecule has 0 radical (unpaired) electrons. The first-order chi connectivity index (χ1) is 11.4. The fourth-order valence-corrected chi connectivity index (χ4v) is 5.80. The Bertz CT molecular complexity index is 682. The number of aliphatic hydroxyl groups excluding tert-OH is 1. The van der Waals surface area contributed by atoms with E-state index < -0.39 is 5.97 Å². The summed E-state index contributed by atoms with van der Waals surface area (Å²) in [6.07, 6.45) is 6.05. The molecule has 5 atom stereocenters. The van der Waals surface area contributed by atoms with Gasteiger partial charge >= 0.3 is 5.97 Å². The van der Waals surface area contributed by atoms with Crippen molar-refractivity contribution in [2.24, 2.45) is 17.3 Å². The second-order valence-corrected chi connectivity index (χ2v) is 8.17. The third-order valence-corrected chi connectivity index (χ3v) is 7.01. The molecule has 0 amide bonds. The van der Waals surface area contributed by atoms with Gasteiger partial charge in [-0.1, -0.05) is 6.92 Å². The van der Waals surface area contributed by atoms with Gasteiger partial charge in [0.15, 0.2) is 11.5 Å². The van der Waals surface area contributed by atoms with Crippen LogP contribution < -0.4 is 4.74 Å². The average Bonchev–Trinajstić information content (AvgIpc) is 2.83. The van der Waals surface area contributed by atoms with Gasteiger partial charge in [-0.25, -0.2) is 0 Å². The normalized spacial score (nSPS) is 37.3. The Morgan fingerprint density at radius 3 is 2.79 bits per heavy atom. The third-order valence-electron chi connectivity index (χ3n) is 7.01. The Labute approximate surface area is 142 Å². The zero-order valence-electron chi connectivity index (χ0n) is 14.4. The first-order valence-electron chi connectivity index (χ1n) is 9.12. The second kappa shape index (κ2) is 5.48. The van der Waals surface area contributed by atoms with Crippen molar-refractivity contribution in [2.75, 3.05) is 0 Å². The summed E-state index contributed by atoms with van der Waals surface area (Å²) in [7, 11) is 0. The molecule has 0 spiro atoms. The Balaban J connectivity index is 1.70. The quantitative estimate of drug-likeness (QED) is 0.610. The Hall–Kier alpha value is -1.55. The number of esters is 1. The number of aromatic hydroxyl groups is 1. The van der Waals surface area contributed by atoms with Crippen molar-refractivity contribution in [1.82, 2.24) is 0 Å². The molecule has 4 nitrogen and oxygen atoms in total. The monoisotopic (exact) mass is 330 g/mol. The lowest BCUT2D eigenvalue weighted by Crippen LogP contribution is -2.43. The molecule has 2 N–H and O–H groups in total. The van der Waals surface area contributed by atoms with E-state index in [0.717, 1.165) is 38.5 Å². The van der Waals surface area contributed by atoms with E-state index in [9.17, 15) is 15.0 Å². The molecule has 0 bridgehead atoms. The van der Waals surface area contributed by atoms with Crippen molar-refractivity contribution in [3.8, 4) is 11.5 Å². The Kier molecular flexibility index (Phi) is 3.64. The summed E-state index contributed by atoms with van der Waals surface area (Å²) in [5.41, 5.74) is 2.49. The summed E-state index contributed by atoms with van der Waals surface area (Å²) in [6, 6.07) is 3.66. The number of aliphatic hydroxyl groups is 1. The Morgan fingerprint density at radius 1 is 1.25 bits per heavy atom. The van der Waals surface area contributed by atoms with E-state index in [-0.39, 0.29) is 23.0 Å². The highest BCUT2D eigenvalue weighted by Crippen LogP contribution is 2.61. The first-order valence-corrected chi connectivity index (χ1v) is 9.12. The summed E-state index contributed by atoms with van der Waals surface area (Å²) < 4.78 is 5.19. The van der Waals surface area contributed by atoms with E-state index in [2.05, 4.69) is 6.92 Å². The van der Waals surface area contributed by atoms with Crippen LogP contribution in [0.2, 0.25) is 0 Å². The minimum atomic E-state index is -0.409. The SMILES string of the molecule is CC(=O)Oc1cc2c(cc1O)CC[C@@H]1[C@@H]2CC[C@]2(C)[C@@H](O)CC[C@@H]12. The molecule has 0 unspecified atom stereocenters. The van der Waals surface area contributed by atoms with Gasteiger partial charge in [0.2, 0.25) is 0 Å². The van der Waals surface area contributed by atoms with Crippen LogP contribution in [0.3, 0.4) is 0 Å². The molecule has 1 aromatic carbocycles. The summed E-state index contributed by atoms with van der Waals surface area (Å²) in [4.78, 5) is 11.3. The van der Waals surface area contributed by atoms with Crippen molar-refractivity contribution in [2.45, 2.75) is 64.4 Å². The highest BCUT2D eigenvalue weighted by Gasteiger charge is 2.54. The maximum absolute atomic E-state index is 11.3.